The van der Waals surface area contributed by atoms with Crippen molar-refractivity contribution in [3.63, 3.8) is 0 Å². The van der Waals surface area contributed by atoms with Crippen LogP contribution in [-0.4, -0.2) is 27.2 Å². The van der Waals surface area contributed by atoms with Gasteiger partial charge in [-0.05, 0) is 37.3 Å². The number of benzene rings is 1. The number of anilines is 2. The first-order valence-electron chi connectivity index (χ1n) is 8.97. The Morgan fingerprint density at radius 3 is 2.57 bits per heavy atom. The van der Waals surface area contributed by atoms with Crippen LogP contribution in [0.2, 0.25) is 0 Å². The second-order valence-electron chi connectivity index (χ2n) is 6.73. The third-order valence-electron chi connectivity index (χ3n) is 4.71. The molecule has 1 saturated carbocycles. The first-order valence-corrected chi connectivity index (χ1v) is 8.97. The van der Waals surface area contributed by atoms with Crippen LogP contribution in [0.25, 0.3) is 0 Å². The Kier molecular flexibility index (Phi) is 5.99. The quantitative estimate of drug-likeness (QED) is 0.720. The van der Waals surface area contributed by atoms with E-state index in [1.165, 1.54) is 24.4 Å². The molecule has 0 amide bonds. The second-order valence-corrected chi connectivity index (χ2v) is 6.73. The van der Waals surface area contributed by atoms with E-state index >= 15 is 0 Å². The molecule has 0 unspecified atom stereocenters. The number of hydrogen-bond donors (Lipinski definition) is 3. The van der Waals surface area contributed by atoms with Gasteiger partial charge in [-0.15, -0.1) is 0 Å². The zero-order valence-electron chi connectivity index (χ0n) is 15.0. The van der Waals surface area contributed by atoms with E-state index in [4.69, 9.17) is 0 Å². The predicted molar refractivity (Wildman–Crippen MR) is 97.4 cm³/mol. The van der Waals surface area contributed by atoms with Crippen LogP contribution in [0.1, 0.15) is 42.4 Å². The van der Waals surface area contributed by atoms with E-state index in [1.807, 2.05) is 6.07 Å². The average Bonchev–Trinajstić information content (AvgIpc) is 2.68. The molecule has 9 heteroatoms. The van der Waals surface area contributed by atoms with E-state index in [2.05, 4.69) is 20.6 Å². The van der Waals surface area contributed by atoms with E-state index in [1.54, 1.807) is 0 Å². The highest BCUT2D eigenvalue weighted by molar-refractivity contribution is 5.54. The van der Waals surface area contributed by atoms with Crippen LogP contribution >= 0.6 is 0 Å². The smallest absolute Gasteiger partial charge is 0.393 e. The molecule has 3 rings (SSSR count). The average molecular weight is 391 g/mol. The van der Waals surface area contributed by atoms with Gasteiger partial charge in [-0.3, -0.25) is 0 Å². The van der Waals surface area contributed by atoms with Gasteiger partial charge >= 0.3 is 6.18 Å². The van der Waals surface area contributed by atoms with E-state index in [0.29, 0.717) is 18.7 Å². The molecule has 0 radical (unpaired) electrons. The molecule has 1 aliphatic rings. The first-order chi connectivity index (χ1) is 13.4. The number of aliphatic hydroxyl groups is 1. The summed E-state index contributed by atoms with van der Waals surface area (Å²) in [5, 5.41) is 24.8. The summed E-state index contributed by atoms with van der Waals surface area (Å²) in [6.07, 6.45) is -0.568. The first kappa shape index (κ1) is 19.9. The molecule has 28 heavy (non-hydrogen) atoms. The van der Waals surface area contributed by atoms with Crippen molar-refractivity contribution in [3.05, 3.63) is 47.2 Å². The second kappa shape index (κ2) is 8.44. The molecule has 1 heterocycles. The predicted octanol–water partition coefficient (Wildman–Crippen LogP) is 3.69. The van der Waals surface area contributed by atoms with Crippen molar-refractivity contribution in [2.45, 2.75) is 50.6 Å². The van der Waals surface area contributed by atoms with Crippen molar-refractivity contribution < 1.29 is 18.3 Å². The molecule has 0 spiro atoms. The molecular weight excluding hydrogens is 371 g/mol. The standard InChI is InChI=1S/C19H20F3N5O/c20-19(21,22)16-4-2-1-3-12(16)10-24-18-25-11-13(9-23)17(27-18)26-14-5-7-15(28)8-6-14/h1-4,11,14-15,28H,5-8,10H2,(H2,24,25,26,27). The molecule has 6 nitrogen and oxygen atoms in total. The van der Waals surface area contributed by atoms with Crippen molar-refractivity contribution in [1.29, 1.82) is 5.26 Å². The van der Waals surface area contributed by atoms with Crippen molar-refractivity contribution in [2.75, 3.05) is 10.6 Å². The Hall–Kier alpha value is -2.86. The minimum atomic E-state index is -4.44. The van der Waals surface area contributed by atoms with Gasteiger partial charge in [0.05, 0.1) is 17.9 Å². The van der Waals surface area contributed by atoms with E-state index in [9.17, 15) is 23.5 Å². The van der Waals surface area contributed by atoms with Gasteiger partial charge in [-0.2, -0.15) is 23.4 Å². The number of alkyl halides is 3. The molecule has 0 saturated heterocycles. The largest absolute Gasteiger partial charge is 0.416 e. The lowest BCUT2D eigenvalue weighted by Crippen LogP contribution is -2.29. The zero-order chi connectivity index (χ0) is 20.1. The van der Waals surface area contributed by atoms with Crippen LogP contribution in [0.4, 0.5) is 24.9 Å². The maximum absolute atomic E-state index is 13.1. The van der Waals surface area contributed by atoms with Crippen LogP contribution in [0, 0.1) is 11.3 Å². The maximum Gasteiger partial charge on any atom is 0.416 e. The molecule has 148 valence electrons. The summed E-state index contributed by atoms with van der Waals surface area (Å²) >= 11 is 0. The Labute approximate surface area is 160 Å². The number of aromatic nitrogens is 2. The van der Waals surface area contributed by atoms with Crippen molar-refractivity contribution in [3.8, 4) is 6.07 Å². The number of halogens is 3. The summed E-state index contributed by atoms with van der Waals surface area (Å²) in [5.74, 6) is 0.472. The lowest BCUT2D eigenvalue weighted by molar-refractivity contribution is -0.138. The summed E-state index contributed by atoms with van der Waals surface area (Å²) in [6, 6.07) is 7.39. The highest BCUT2D eigenvalue weighted by Crippen LogP contribution is 2.32. The Balaban J connectivity index is 1.73. The Morgan fingerprint density at radius 2 is 1.89 bits per heavy atom. The highest BCUT2D eigenvalue weighted by atomic mass is 19.4. The lowest BCUT2D eigenvalue weighted by Gasteiger charge is -2.26. The summed E-state index contributed by atoms with van der Waals surface area (Å²) in [5.41, 5.74) is -0.374. The molecule has 3 N–H and O–H groups in total. The summed E-state index contributed by atoms with van der Waals surface area (Å²) in [4.78, 5) is 8.28. The van der Waals surface area contributed by atoms with Gasteiger partial charge < -0.3 is 15.7 Å². The van der Waals surface area contributed by atoms with Crippen molar-refractivity contribution >= 4 is 11.8 Å². The molecule has 0 atom stereocenters. The molecule has 2 aromatic rings. The number of aliphatic hydroxyl groups excluding tert-OH is 1. The zero-order valence-corrected chi connectivity index (χ0v) is 15.0. The number of nitriles is 1. The minimum absolute atomic E-state index is 0.0733. The van der Waals surface area contributed by atoms with E-state index in [-0.39, 0.29) is 35.8 Å². The van der Waals surface area contributed by atoms with Crippen LogP contribution in [0.5, 0.6) is 0 Å². The van der Waals surface area contributed by atoms with Crippen LogP contribution < -0.4 is 10.6 Å². The van der Waals surface area contributed by atoms with E-state index < -0.39 is 11.7 Å². The summed E-state index contributed by atoms with van der Waals surface area (Å²) in [6.45, 7) is -0.101. The molecule has 1 aliphatic carbocycles. The van der Waals surface area contributed by atoms with Gasteiger partial charge in [-0.1, -0.05) is 18.2 Å². The molecule has 1 aromatic carbocycles. The normalized spacial score (nSPS) is 19.7. The van der Waals surface area contributed by atoms with Gasteiger partial charge in [0.1, 0.15) is 17.5 Å². The maximum atomic E-state index is 13.1. The topological polar surface area (TPSA) is 93.9 Å². The minimum Gasteiger partial charge on any atom is -0.393 e. The Bertz CT molecular complexity index is 857. The fraction of sp³-hybridized carbons (Fsp3) is 0.421. The molecule has 0 bridgehead atoms. The third kappa shape index (κ3) is 4.89. The van der Waals surface area contributed by atoms with Gasteiger partial charge in [0.2, 0.25) is 5.95 Å². The summed E-state index contributed by atoms with van der Waals surface area (Å²) < 4.78 is 39.3. The van der Waals surface area contributed by atoms with Crippen LogP contribution in [0.3, 0.4) is 0 Å². The SMILES string of the molecule is N#Cc1cnc(NCc2ccccc2C(F)(F)F)nc1NC1CCC(O)CC1. The number of nitrogens with zero attached hydrogens (tertiary/aromatic N) is 3. The third-order valence-corrected chi connectivity index (χ3v) is 4.71. The van der Waals surface area contributed by atoms with Crippen LogP contribution in [-0.2, 0) is 12.7 Å². The molecule has 1 fully saturated rings. The fourth-order valence-electron chi connectivity index (χ4n) is 3.20. The Morgan fingerprint density at radius 1 is 1.18 bits per heavy atom. The molecule has 1 aromatic heterocycles. The molecular formula is C19H20F3N5O. The number of nitrogens with one attached hydrogen (secondary N) is 2. The fourth-order valence-corrected chi connectivity index (χ4v) is 3.20. The van der Waals surface area contributed by atoms with E-state index in [0.717, 1.165) is 18.9 Å². The number of rotatable bonds is 5. The number of hydrogen-bond acceptors (Lipinski definition) is 6. The van der Waals surface area contributed by atoms with Crippen LogP contribution in [0.15, 0.2) is 30.5 Å². The highest BCUT2D eigenvalue weighted by Gasteiger charge is 2.32. The molecule has 0 aliphatic heterocycles. The van der Waals surface area contributed by atoms with Crippen molar-refractivity contribution in [1.82, 2.24) is 9.97 Å². The van der Waals surface area contributed by atoms with Gasteiger partial charge in [-0.25, -0.2) is 4.98 Å². The van der Waals surface area contributed by atoms with Crippen molar-refractivity contribution in [2.24, 2.45) is 0 Å². The monoisotopic (exact) mass is 391 g/mol. The van der Waals surface area contributed by atoms with Gasteiger partial charge in [0.15, 0.2) is 0 Å². The lowest BCUT2D eigenvalue weighted by atomic mass is 9.93. The summed E-state index contributed by atoms with van der Waals surface area (Å²) in [7, 11) is 0. The van der Waals surface area contributed by atoms with Gasteiger partial charge in [0, 0.05) is 12.6 Å². The van der Waals surface area contributed by atoms with Gasteiger partial charge in [0.25, 0.3) is 0 Å².